The van der Waals surface area contributed by atoms with Gasteiger partial charge < -0.3 is 14.4 Å². The Morgan fingerprint density at radius 1 is 1.07 bits per heavy atom. The van der Waals surface area contributed by atoms with E-state index in [1.54, 1.807) is 7.11 Å². The number of alkyl halides is 2. The van der Waals surface area contributed by atoms with E-state index in [9.17, 15) is 17.2 Å². The molecule has 0 aromatic heterocycles. The number of nitrogens with one attached hydrogen (secondary N) is 1. The molecule has 9 heteroatoms. The van der Waals surface area contributed by atoms with Gasteiger partial charge in [-0.15, -0.1) is 0 Å². The van der Waals surface area contributed by atoms with Gasteiger partial charge in [0.1, 0.15) is 16.4 Å². The lowest BCUT2D eigenvalue weighted by Crippen LogP contribution is -2.44. The molecule has 1 aliphatic rings. The van der Waals surface area contributed by atoms with Crippen LogP contribution in [0.25, 0.3) is 0 Å². The lowest BCUT2D eigenvalue weighted by Gasteiger charge is -2.34. The van der Waals surface area contributed by atoms with Crippen LogP contribution in [0.2, 0.25) is 0 Å². The molecule has 6 nitrogen and oxygen atoms in total. The van der Waals surface area contributed by atoms with Crippen LogP contribution in [0.5, 0.6) is 11.5 Å². The first-order chi connectivity index (χ1) is 13.4. The summed E-state index contributed by atoms with van der Waals surface area (Å²) < 4.78 is 62.5. The van der Waals surface area contributed by atoms with Crippen molar-refractivity contribution in [1.82, 2.24) is 4.72 Å². The first kappa shape index (κ1) is 20.3. The van der Waals surface area contributed by atoms with E-state index < -0.39 is 16.6 Å². The predicted octanol–water partition coefficient (Wildman–Crippen LogP) is 3.24. The lowest BCUT2D eigenvalue weighted by atomic mass is 10.1. The zero-order valence-electron chi connectivity index (χ0n) is 15.3. The predicted molar refractivity (Wildman–Crippen MR) is 102 cm³/mol. The number of hydrogen-bond donors (Lipinski definition) is 1. The molecule has 1 fully saturated rings. The molecule has 152 valence electrons. The highest BCUT2D eigenvalue weighted by Gasteiger charge is 2.27. The SMILES string of the molecule is COc1ccc(N2CCC(NS(=O)(=O)c3ccccc3OC(F)F)CC2)cc1. The fourth-order valence-corrected chi connectivity index (χ4v) is 4.64. The summed E-state index contributed by atoms with van der Waals surface area (Å²) in [7, 11) is -2.36. The highest BCUT2D eigenvalue weighted by Crippen LogP contribution is 2.27. The van der Waals surface area contributed by atoms with Gasteiger partial charge >= 0.3 is 6.61 Å². The van der Waals surface area contributed by atoms with Gasteiger partial charge in [0.2, 0.25) is 10.0 Å². The van der Waals surface area contributed by atoms with Gasteiger partial charge in [0.05, 0.1) is 7.11 Å². The third-order valence-corrected chi connectivity index (χ3v) is 6.17. The van der Waals surface area contributed by atoms with E-state index in [1.807, 2.05) is 24.3 Å². The van der Waals surface area contributed by atoms with Gasteiger partial charge in [0, 0.05) is 24.8 Å². The van der Waals surface area contributed by atoms with Gasteiger partial charge in [-0.3, -0.25) is 0 Å². The van der Waals surface area contributed by atoms with Crippen LogP contribution in [-0.2, 0) is 10.0 Å². The standard InChI is InChI=1S/C19H22F2N2O4S/c1-26-16-8-6-15(7-9-16)23-12-10-14(11-13-23)22-28(24,25)18-5-3-2-4-17(18)27-19(20)21/h2-9,14,19,22H,10-13H2,1H3. The summed E-state index contributed by atoms with van der Waals surface area (Å²) in [4.78, 5) is 1.88. The molecule has 1 aliphatic heterocycles. The Balaban J connectivity index is 1.64. The molecular weight excluding hydrogens is 390 g/mol. The van der Waals surface area contributed by atoms with E-state index in [4.69, 9.17) is 4.74 Å². The van der Waals surface area contributed by atoms with E-state index in [1.165, 1.54) is 24.3 Å². The normalized spacial score (nSPS) is 15.6. The van der Waals surface area contributed by atoms with Crippen molar-refractivity contribution in [3.05, 3.63) is 48.5 Å². The molecule has 0 radical (unpaired) electrons. The van der Waals surface area contributed by atoms with Crippen molar-refractivity contribution in [2.45, 2.75) is 30.4 Å². The number of piperidine rings is 1. The Morgan fingerprint density at radius 2 is 1.71 bits per heavy atom. The minimum absolute atomic E-state index is 0.279. The van der Waals surface area contributed by atoms with Gasteiger partial charge in [-0.1, -0.05) is 12.1 Å². The number of rotatable bonds is 7. The molecule has 0 atom stereocenters. The molecule has 0 unspecified atom stereocenters. The topological polar surface area (TPSA) is 67.9 Å². The molecule has 2 aromatic carbocycles. The summed E-state index contributed by atoms with van der Waals surface area (Å²) in [6, 6.07) is 12.8. The Kier molecular flexibility index (Phi) is 6.35. The summed E-state index contributed by atoms with van der Waals surface area (Å²) in [6.07, 6.45) is 1.20. The van der Waals surface area contributed by atoms with Crippen LogP contribution >= 0.6 is 0 Å². The summed E-state index contributed by atoms with van der Waals surface area (Å²) in [5, 5.41) is 0. The zero-order chi connectivity index (χ0) is 20.1. The van der Waals surface area contributed by atoms with Crippen molar-refractivity contribution >= 4 is 15.7 Å². The molecule has 0 spiro atoms. The molecule has 1 N–H and O–H groups in total. The highest BCUT2D eigenvalue weighted by molar-refractivity contribution is 7.89. The van der Waals surface area contributed by atoms with Crippen molar-refractivity contribution < 1.29 is 26.7 Å². The second kappa shape index (κ2) is 8.74. The first-order valence-electron chi connectivity index (χ1n) is 8.84. The van der Waals surface area contributed by atoms with E-state index in [0.29, 0.717) is 25.9 Å². The Labute approximate surface area is 163 Å². The molecule has 0 aliphatic carbocycles. The molecule has 1 heterocycles. The van der Waals surface area contributed by atoms with Crippen LogP contribution < -0.4 is 19.1 Å². The Hall–Kier alpha value is -2.39. The van der Waals surface area contributed by atoms with Crippen LogP contribution in [0.1, 0.15) is 12.8 Å². The van der Waals surface area contributed by atoms with Crippen molar-refractivity contribution in [3.63, 3.8) is 0 Å². The number of anilines is 1. The number of hydrogen-bond acceptors (Lipinski definition) is 5. The van der Waals surface area contributed by atoms with E-state index >= 15 is 0 Å². The maximum atomic E-state index is 12.7. The molecule has 0 saturated carbocycles. The number of nitrogens with zero attached hydrogens (tertiary/aromatic N) is 1. The highest BCUT2D eigenvalue weighted by atomic mass is 32.2. The van der Waals surface area contributed by atoms with E-state index in [-0.39, 0.29) is 16.7 Å². The quantitative estimate of drug-likeness (QED) is 0.756. The third-order valence-electron chi connectivity index (χ3n) is 4.61. The molecule has 1 saturated heterocycles. The van der Waals surface area contributed by atoms with Crippen molar-refractivity contribution in [2.24, 2.45) is 0 Å². The third kappa shape index (κ3) is 4.90. The molecule has 3 rings (SSSR count). The zero-order valence-corrected chi connectivity index (χ0v) is 16.2. The summed E-state index contributed by atoms with van der Waals surface area (Å²) >= 11 is 0. The van der Waals surface area contributed by atoms with E-state index in [0.717, 1.165) is 11.4 Å². The monoisotopic (exact) mass is 412 g/mol. The molecular formula is C19H22F2N2O4S. The molecule has 0 amide bonds. The maximum absolute atomic E-state index is 12.7. The largest absolute Gasteiger partial charge is 0.497 e. The number of methoxy groups -OCH3 is 1. The Morgan fingerprint density at radius 3 is 2.32 bits per heavy atom. The van der Waals surface area contributed by atoms with Crippen LogP contribution in [0, 0.1) is 0 Å². The van der Waals surface area contributed by atoms with Crippen molar-refractivity contribution in [3.8, 4) is 11.5 Å². The fraction of sp³-hybridized carbons (Fsp3) is 0.368. The van der Waals surface area contributed by atoms with Gasteiger partial charge in [-0.25, -0.2) is 13.1 Å². The minimum atomic E-state index is -3.97. The van der Waals surface area contributed by atoms with Crippen molar-refractivity contribution in [2.75, 3.05) is 25.1 Å². The minimum Gasteiger partial charge on any atom is -0.497 e. The molecule has 28 heavy (non-hydrogen) atoms. The van der Waals surface area contributed by atoms with Gasteiger partial charge in [-0.05, 0) is 49.2 Å². The number of halogens is 2. The van der Waals surface area contributed by atoms with Crippen LogP contribution in [-0.4, -0.2) is 41.3 Å². The second-order valence-corrected chi connectivity index (χ2v) is 8.09. The summed E-state index contributed by atoms with van der Waals surface area (Å²) in [6.45, 7) is -1.74. The first-order valence-corrected chi connectivity index (χ1v) is 10.3. The van der Waals surface area contributed by atoms with Gasteiger partial charge in [-0.2, -0.15) is 8.78 Å². The maximum Gasteiger partial charge on any atom is 0.387 e. The second-order valence-electron chi connectivity index (χ2n) is 6.41. The summed E-state index contributed by atoms with van der Waals surface area (Å²) in [5.74, 6) is 0.414. The van der Waals surface area contributed by atoms with Crippen LogP contribution in [0.15, 0.2) is 53.4 Å². The lowest BCUT2D eigenvalue weighted by molar-refractivity contribution is -0.0517. The number of ether oxygens (including phenoxy) is 2. The number of benzene rings is 2. The number of sulfonamides is 1. The number of para-hydroxylation sites is 1. The molecule has 0 bridgehead atoms. The molecule has 2 aromatic rings. The van der Waals surface area contributed by atoms with Gasteiger partial charge in [0.15, 0.2) is 0 Å². The smallest absolute Gasteiger partial charge is 0.387 e. The average Bonchev–Trinajstić information content (AvgIpc) is 2.68. The summed E-state index contributed by atoms with van der Waals surface area (Å²) in [5.41, 5.74) is 1.04. The Bertz CT molecular complexity index is 883. The van der Waals surface area contributed by atoms with Crippen LogP contribution in [0.4, 0.5) is 14.5 Å². The van der Waals surface area contributed by atoms with Gasteiger partial charge in [0.25, 0.3) is 0 Å². The average molecular weight is 412 g/mol. The van der Waals surface area contributed by atoms with Crippen LogP contribution in [0.3, 0.4) is 0 Å². The fourth-order valence-electron chi connectivity index (χ4n) is 3.20. The van der Waals surface area contributed by atoms with E-state index in [2.05, 4.69) is 14.4 Å². The van der Waals surface area contributed by atoms with Crippen molar-refractivity contribution in [1.29, 1.82) is 0 Å².